The van der Waals surface area contributed by atoms with E-state index in [9.17, 15) is 19.2 Å². The van der Waals surface area contributed by atoms with Crippen molar-refractivity contribution in [1.29, 1.82) is 0 Å². The summed E-state index contributed by atoms with van der Waals surface area (Å²) in [7, 11) is 0. The maximum absolute atomic E-state index is 13.3. The summed E-state index contributed by atoms with van der Waals surface area (Å²) in [4.78, 5) is 53.9. The van der Waals surface area contributed by atoms with Crippen LogP contribution in [0.3, 0.4) is 0 Å². The van der Waals surface area contributed by atoms with Crippen molar-refractivity contribution in [3.05, 3.63) is 35.9 Å². The molecule has 0 radical (unpaired) electrons. The molecule has 2 atom stereocenters. The number of esters is 1. The monoisotopic (exact) mass is 443 g/mol. The molecule has 2 aliphatic heterocycles. The van der Waals surface area contributed by atoms with Crippen LogP contribution in [0.5, 0.6) is 0 Å². The average molecular weight is 444 g/mol. The standard InChI is InChI=1S/C24H33N3O5/c1-24(2,3)22(30)32-16-20(28)18-11-7-13-26(18)21(29)19-12-8-14-27(19)23(31)25-15-17-9-5-4-6-10-17/h4-6,9-10,18-19H,7-8,11-16H2,1-3H3,(H,25,31). The maximum Gasteiger partial charge on any atom is 0.318 e. The highest BCUT2D eigenvalue weighted by Gasteiger charge is 2.42. The van der Waals surface area contributed by atoms with Crippen molar-refractivity contribution in [2.75, 3.05) is 19.7 Å². The van der Waals surface area contributed by atoms with Crippen LogP contribution >= 0.6 is 0 Å². The SMILES string of the molecule is CC(C)(C)C(=O)OCC(=O)C1CCCN1C(=O)C1CCCN1C(=O)NCc1ccccc1. The lowest BCUT2D eigenvalue weighted by atomic mass is 9.97. The molecule has 8 nitrogen and oxygen atoms in total. The van der Waals surface area contributed by atoms with Crippen LogP contribution in [0.1, 0.15) is 52.0 Å². The fraction of sp³-hybridized carbons (Fsp3) is 0.583. The molecule has 2 fully saturated rings. The smallest absolute Gasteiger partial charge is 0.318 e. The number of carbonyl (C=O) groups excluding carboxylic acids is 4. The minimum Gasteiger partial charge on any atom is -0.457 e. The summed E-state index contributed by atoms with van der Waals surface area (Å²) in [5, 5.41) is 2.89. The Labute approximate surface area is 189 Å². The first kappa shape index (κ1) is 23.8. The van der Waals surface area contributed by atoms with Gasteiger partial charge in [0.1, 0.15) is 6.04 Å². The van der Waals surface area contributed by atoms with Gasteiger partial charge in [-0.1, -0.05) is 30.3 Å². The van der Waals surface area contributed by atoms with Crippen molar-refractivity contribution in [2.24, 2.45) is 5.41 Å². The number of likely N-dealkylation sites (tertiary alicyclic amines) is 2. The first-order valence-electron chi connectivity index (χ1n) is 11.3. The van der Waals surface area contributed by atoms with Gasteiger partial charge in [-0.05, 0) is 52.0 Å². The van der Waals surface area contributed by atoms with Gasteiger partial charge in [-0.25, -0.2) is 4.79 Å². The summed E-state index contributed by atoms with van der Waals surface area (Å²) in [5.74, 6) is -0.916. The zero-order valence-electron chi connectivity index (χ0n) is 19.1. The molecular weight excluding hydrogens is 410 g/mol. The normalized spacial score (nSPS) is 20.8. The number of amides is 3. The molecule has 1 N–H and O–H groups in total. The Morgan fingerprint density at radius 2 is 1.59 bits per heavy atom. The molecule has 2 aliphatic rings. The second-order valence-electron chi connectivity index (χ2n) is 9.48. The van der Waals surface area contributed by atoms with Crippen molar-refractivity contribution >= 4 is 23.7 Å². The van der Waals surface area contributed by atoms with Crippen molar-refractivity contribution in [1.82, 2.24) is 15.1 Å². The average Bonchev–Trinajstić information content (AvgIpc) is 3.45. The molecule has 3 amide bonds. The predicted molar refractivity (Wildman–Crippen MR) is 119 cm³/mol. The number of Topliss-reactive ketones (excluding diaryl/α,β-unsaturated/α-hetero) is 1. The van der Waals surface area contributed by atoms with Crippen LogP contribution in [-0.4, -0.2) is 65.3 Å². The second kappa shape index (κ2) is 10.1. The molecule has 174 valence electrons. The van der Waals surface area contributed by atoms with Crippen LogP contribution in [0, 0.1) is 5.41 Å². The molecule has 2 unspecified atom stereocenters. The molecule has 32 heavy (non-hydrogen) atoms. The fourth-order valence-electron chi connectivity index (χ4n) is 4.15. The Kier molecular flexibility index (Phi) is 7.53. The summed E-state index contributed by atoms with van der Waals surface area (Å²) in [5.41, 5.74) is 0.293. The maximum atomic E-state index is 13.3. The minimum atomic E-state index is -0.692. The number of ketones is 1. The van der Waals surface area contributed by atoms with Gasteiger partial charge in [-0.15, -0.1) is 0 Å². The molecule has 1 aromatic carbocycles. The Bertz CT molecular complexity index is 849. The lowest BCUT2D eigenvalue weighted by Crippen LogP contribution is -2.53. The zero-order valence-corrected chi connectivity index (χ0v) is 19.1. The minimum absolute atomic E-state index is 0.199. The Morgan fingerprint density at radius 1 is 0.969 bits per heavy atom. The first-order chi connectivity index (χ1) is 15.2. The van der Waals surface area contributed by atoms with Crippen LogP contribution in [0.25, 0.3) is 0 Å². The van der Waals surface area contributed by atoms with Gasteiger partial charge in [0.2, 0.25) is 5.91 Å². The molecule has 2 saturated heterocycles. The number of hydrogen-bond acceptors (Lipinski definition) is 5. The third-order valence-corrected chi connectivity index (χ3v) is 5.95. The number of carbonyl (C=O) groups is 4. The molecular formula is C24H33N3O5. The van der Waals surface area contributed by atoms with Crippen molar-refractivity contribution < 1.29 is 23.9 Å². The van der Waals surface area contributed by atoms with E-state index in [1.54, 1.807) is 30.6 Å². The van der Waals surface area contributed by atoms with Crippen molar-refractivity contribution in [2.45, 2.75) is 65.1 Å². The molecule has 0 bridgehead atoms. The van der Waals surface area contributed by atoms with E-state index < -0.39 is 23.5 Å². The van der Waals surface area contributed by atoms with Crippen LogP contribution in [0.15, 0.2) is 30.3 Å². The summed E-state index contributed by atoms with van der Waals surface area (Å²) in [6.07, 6.45) is 2.58. The lowest BCUT2D eigenvalue weighted by Gasteiger charge is -2.31. The topological polar surface area (TPSA) is 96.0 Å². The van der Waals surface area contributed by atoms with Gasteiger partial charge in [0.05, 0.1) is 11.5 Å². The van der Waals surface area contributed by atoms with E-state index in [0.717, 1.165) is 12.0 Å². The van der Waals surface area contributed by atoms with Gasteiger partial charge in [-0.2, -0.15) is 0 Å². The number of hydrogen-bond donors (Lipinski definition) is 1. The van der Waals surface area contributed by atoms with Crippen molar-refractivity contribution in [3.63, 3.8) is 0 Å². The molecule has 0 aromatic heterocycles. The molecule has 2 heterocycles. The first-order valence-corrected chi connectivity index (χ1v) is 11.3. The predicted octanol–water partition coefficient (Wildman–Crippen LogP) is 2.51. The van der Waals surface area contributed by atoms with Crippen LogP contribution in [-0.2, 0) is 25.7 Å². The van der Waals surface area contributed by atoms with Crippen LogP contribution in [0.4, 0.5) is 4.79 Å². The lowest BCUT2D eigenvalue weighted by molar-refractivity contribution is -0.157. The molecule has 8 heteroatoms. The number of ether oxygens (including phenoxy) is 1. The molecule has 0 aliphatic carbocycles. The largest absolute Gasteiger partial charge is 0.457 e. The quantitative estimate of drug-likeness (QED) is 0.682. The Morgan fingerprint density at radius 3 is 2.25 bits per heavy atom. The van der Waals surface area contributed by atoms with E-state index in [1.165, 1.54) is 0 Å². The number of urea groups is 1. The van der Waals surface area contributed by atoms with Gasteiger partial charge in [0.15, 0.2) is 12.4 Å². The second-order valence-corrected chi connectivity index (χ2v) is 9.48. The van der Waals surface area contributed by atoms with E-state index in [2.05, 4.69) is 5.32 Å². The summed E-state index contributed by atoms with van der Waals surface area (Å²) < 4.78 is 5.17. The van der Waals surface area contributed by atoms with E-state index in [-0.39, 0.29) is 24.3 Å². The number of rotatable bonds is 6. The Hall–Kier alpha value is -2.90. The summed E-state index contributed by atoms with van der Waals surface area (Å²) in [6, 6.07) is 8.14. The van der Waals surface area contributed by atoms with Gasteiger partial charge in [-0.3, -0.25) is 14.4 Å². The van der Waals surface area contributed by atoms with Gasteiger partial charge < -0.3 is 19.9 Å². The molecule has 0 spiro atoms. The van der Waals surface area contributed by atoms with Gasteiger partial charge in [0, 0.05) is 19.6 Å². The Balaban J connectivity index is 1.58. The van der Waals surface area contributed by atoms with E-state index in [1.807, 2.05) is 30.3 Å². The highest BCUT2D eigenvalue weighted by molar-refractivity contribution is 5.94. The van der Waals surface area contributed by atoms with Crippen LogP contribution < -0.4 is 5.32 Å². The third kappa shape index (κ3) is 5.66. The number of nitrogens with zero attached hydrogens (tertiary/aromatic N) is 2. The molecule has 0 saturated carbocycles. The molecule has 1 aromatic rings. The van der Waals surface area contributed by atoms with Crippen molar-refractivity contribution in [3.8, 4) is 0 Å². The van der Waals surface area contributed by atoms with E-state index in [0.29, 0.717) is 38.9 Å². The zero-order chi connectivity index (χ0) is 23.3. The van der Waals surface area contributed by atoms with E-state index in [4.69, 9.17) is 4.74 Å². The van der Waals surface area contributed by atoms with E-state index >= 15 is 0 Å². The van der Waals surface area contributed by atoms with Gasteiger partial charge >= 0.3 is 12.0 Å². The molecule has 3 rings (SSSR count). The number of benzene rings is 1. The summed E-state index contributed by atoms with van der Waals surface area (Å²) in [6.45, 7) is 6.21. The fourth-order valence-corrected chi connectivity index (χ4v) is 4.15. The summed E-state index contributed by atoms with van der Waals surface area (Å²) >= 11 is 0. The highest BCUT2D eigenvalue weighted by atomic mass is 16.5. The third-order valence-electron chi connectivity index (χ3n) is 5.95. The van der Waals surface area contributed by atoms with Crippen LogP contribution in [0.2, 0.25) is 0 Å². The number of nitrogens with one attached hydrogen (secondary N) is 1. The highest BCUT2D eigenvalue weighted by Crippen LogP contribution is 2.26. The van der Waals surface area contributed by atoms with Gasteiger partial charge in [0.25, 0.3) is 0 Å².